The molecule has 0 spiro atoms. The van der Waals surface area contributed by atoms with E-state index in [9.17, 15) is 0 Å². The maximum absolute atomic E-state index is 4.46. The van der Waals surface area contributed by atoms with E-state index in [2.05, 4.69) is 41.6 Å². The number of fused-ring (bicyclic) bond motifs is 1. The summed E-state index contributed by atoms with van der Waals surface area (Å²) in [6.07, 6.45) is 5.78. The number of hydrogen-bond acceptors (Lipinski definition) is 1. The first kappa shape index (κ1) is 10.2. The van der Waals surface area contributed by atoms with Gasteiger partial charge in [0.15, 0.2) is 0 Å². The quantitative estimate of drug-likeness (QED) is 0.693. The number of para-hydroxylation sites is 1. The molecule has 1 aromatic heterocycles. The molecule has 0 bridgehead atoms. The Bertz CT molecular complexity index is 443. The van der Waals surface area contributed by atoms with Crippen molar-refractivity contribution in [1.82, 2.24) is 9.55 Å². The van der Waals surface area contributed by atoms with Gasteiger partial charge in [0.2, 0.25) is 0 Å². The van der Waals surface area contributed by atoms with Gasteiger partial charge in [0.1, 0.15) is 0 Å². The summed E-state index contributed by atoms with van der Waals surface area (Å²) in [6, 6.07) is 6.38. The van der Waals surface area contributed by atoms with Gasteiger partial charge in [-0.15, -0.1) is 0 Å². The third-order valence-corrected chi connectivity index (χ3v) is 2.85. The maximum atomic E-state index is 4.46. The molecule has 80 valence electrons. The number of imidazole rings is 1. The van der Waals surface area contributed by atoms with E-state index in [0.29, 0.717) is 0 Å². The van der Waals surface area contributed by atoms with E-state index >= 15 is 0 Å². The van der Waals surface area contributed by atoms with Crippen LogP contribution < -0.4 is 0 Å². The van der Waals surface area contributed by atoms with E-state index < -0.39 is 0 Å². The van der Waals surface area contributed by atoms with Crippen molar-refractivity contribution in [2.45, 2.75) is 39.7 Å². The fourth-order valence-electron chi connectivity index (χ4n) is 1.94. The average Bonchev–Trinajstić information content (AvgIpc) is 2.64. The number of rotatable bonds is 4. The van der Waals surface area contributed by atoms with E-state index in [1.165, 1.54) is 30.3 Å². The molecule has 0 aliphatic heterocycles. The van der Waals surface area contributed by atoms with Crippen LogP contribution in [0.1, 0.15) is 31.7 Å². The summed E-state index contributed by atoms with van der Waals surface area (Å²) in [6.45, 7) is 5.44. The van der Waals surface area contributed by atoms with Crippen molar-refractivity contribution >= 4 is 11.0 Å². The fraction of sp³-hybridized carbons (Fsp3) is 0.462. The molecule has 0 N–H and O–H groups in total. The second-order valence-electron chi connectivity index (χ2n) is 4.09. The molecule has 1 heterocycles. The van der Waals surface area contributed by atoms with E-state index in [4.69, 9.17) is 0 Å². The summed E-state index contributed by atoms with van der Waals surface area (Å²) >= 11 is 0. The van der Waals surface area contributed by atoms with Gasteiger partial charge in [0.25, 0.3) is 0 Å². The smallest absolute Gasteiger partial charge is 0.0958 e. The Kier molecular flexibility index (Phi) is 3.05. The molecule has 0 radical (unpaired) electrons. The van der Waals surface area contributed by atoms with Gasteiger partial charge in [0, 0.05) is 6.54 Å². The lowest BCUT2D eigenvalue weighted by atomic mass is 10.2. The Morgan fingerprint density at radius 3 is 2.93 bits per heavy atom. The molecule has 0 aliphatic rings. The summed E-state index contributed by atoms with van der Waals surface area (Å²) in [4.78, 5) is 4.46. The van der Waals surface area contributed by atoms with Crippen molar-refractivity contribution in [2.75, 3.05) is 0 Å². The lowest BCUT2D eigenvalue weighted by Gasteiger charge is -2.03. The predicted molar refractivity (Wildman–Crippen MR) is 64.0 cm³/mol. The zero-order chi connectivity index (χ0) is 10.7. The molecule has 2 heteroatoms. The lowest BCUT2D eigenvalue weighted by Crippen LogP contribution is -1.95. The van der Waals surface area contributed by atoms with Gasteiger partial charge in [-0.1, -0.05) is 31.9 Å². The average molecular weight is 202 g/mol. The lowest BCUT2D eigenvalue weighted by molar-refractivity contribution is 0.613. The van der Waals surface area contributed by atoms with E-state index in [-0.39, 0.29) is 0 Å². The highest BCUT2D eigenvalue weighted by Crippen LogP contribution is 2.17. The molecule has 0 saturated carbocycles. The number of nitrogens with zero attached hydrogens (tertiary/aromatic N) is 2. The van der Waals surface area contributed by atoms with Crippen molar-refractivity contribution in [2.24, 2.45) is 0 Å². The van der Waals surface area contributed by atoms with Gasteiger partial charge in [-0.2, -0.15) is 0 Å². The number of benzene rings is 1. The number of aryl methyl sites for hydroxylation is 2. The number of unbranched alkanes of at least 4 members (excludes halogenated alkanes) is 2. The Labute approximate surface area is 90.9 Å². The van der Waals surface area contributed by atoms with E-state index in [0.717, 1.165) is 12.1 Å². The molecule has 2 aromatic rings. The van der Waals surface area contributed by atoms with E-state index in [1.54, 1.807) is 0 Å². The summed E-state index contributed by atoms with van der Waals surface area (Å²) in [5.74, 6) is 0. The molecule has 2 nitrogen and oxygen atoms in total. The van der Waals surface area contributed by atoms with Crippen LogP contribution in [0.3, 0.4) is 0 Å². The third-order valence-electron chi connectivity index (χ3n) is 2.85. The SMILES string of the molecule is CCCCCn1cnc2c(C)cccc21. The van der Waals surface area contributed by atoms with Gasteiger partial charge >= 0.3 is 0 Å². The van der Waals surface area contributed by atoms with Crippen LogP contribution >= 0.6 is 0 Å². The zero-order valence-electron chi connectivity index (χ0n) is 9.53. The summed E-state index contributed by atoms with van der Waals surface area (Å²) in [5, 5.41) is 0. The zero-order valence-corrected chi connectivity index (χ0v) is 9.53. The molecular weight excluding hydrogens is 184 g/mol. The summed E-state index contributed by atoms with van der Waals surface area (Å²) < 4.78 is 2.26. The second-order valence-corrected chi connectivity index (χ2v) is 4.09. The Hall–Kier alpha value is -1.31. The largest absolute Gasteiger partial charge is 0.331 e. The van der Waals surface area contributed by atoms with Crippen LogP contribution in [0, 0.1) is 6.92 Å². The molecule has 0 unspecified atom stereocenters. The molecule has 15 heavy (non-hydrogen) atoms. The highest BCUT2D eigenvalue weighted by atomic mass is 15.0. The van der Waals surface area contributed by atoms with Crippen LogP contribution in [0.5, 0.6) is 0 Å². The minimum atomic E-state index is 1.09. The third kappa shape index (κ3) is 2.04. The first-order valence-electron chi connectivity index (χ1n) is 5.73. The van der Waals surface area contributed by atoms with Gasteiger partial charge in [-0.05, 0) is 25.0 Å². The van der Waals surface area contributed by atoms with Crippen molar-refractivity contribution in [3.8, 4) is 0 Å². The topological polar surface area (TPSA) is 17.8 Å². The first-order chi connectivity index (χ1) is 7.33. The van der Waals surface area contributed by atoms with Gasteiger partial charge in [0.05, 0.1) is 17.4 Å². The van der Waals surface area contributed by atoms with Crippen LogP contribution in [0.2, 0.25) is 0 Å². The van der Waals surface area contributed by atoms with Crippen LogP contribution in [0.4, 0.5) is 0 Å². The van der Waals surface area contributed by atoms with Crippen LogP contribution in [-0.2, 0) is 6.54 Å². The summed E-state index contributed by atoms with van der Waals surface area (Å²) in [7, 11) is 0. The molecule has 0 atom stereocenters. The Balaban J connectivity index is 2.25. The Morgan fingerprint density at radius 1 is 1.27 bits per heavy atom. The minimum Gasteiger partial charge on any atom is -0.331 e. The summed E-state index contributed by atoms with van der Waals surface area (Å²) in [5.41, 5.74) is 3.68. The van der Waals surface area contributed by atoms with E-state index in [1.807, 2.05) is 6.33 Å². The highest BCUT2D eigenvalue weighted by Gasteiger charge is 2.03. The molecule has 0 aliphatic carbocycles. The Morgan fingerprint density at radius 2 is 2.13 bits per heavy atom. The first-order valence-corrected chi connectivity index (χ1v) is 5.73. The molecule has 0 amide bonds. The second kappa shape index (κ2) is 4.47. The van der Waals surface area contributed by atoms with Crippen molar-refractivity contribution < 1.29 is 0 Å². The molecule has 0 fully saturated rings. The fourth-order valence-corrected chi connectivity index (χ4v) is 1.94. The van der Waals surface area contributed by atoms with Crippen molar-refractivity contribution in [3.05, 3.63) is 30.1 Å². The van der Waals surface area contributed by atoms with Crippen LogP contribution in [0.25, 0.3) is 11.0 Å². The van der Waals surface area contributed by atoms with Crippen molar-refractivity contribution in [1.29, 1.82) is 0 Å². The number of aromatic nitrogens is 2. The van der Waals surface area contributed by atoms with Gasteiger partial charge in [-0.25, -0.2) is 4.98 Å². The number of hydrogen-bond donors (Lipinski definition) is 0. The van der Waals surface area contributed by atoms with Crippen LogP contribution in [0.15, 0.2) is 24.5 Å². The highest BCUT2D eigenvalue weighted by molar-refractivity contribution is 5.78. The normalized spacial score (nSPS) is 11.1. The van der Waals surface area contributed by atoms with Crippen LogP contribution in [-0.4, -0.2) is 9.55 Å². The maximum Gasteiger partial charge on any atom is 0.0958 e. The minimum absolute atomic E-state index is 1.09. The predicted octanol–water partition coefficient (Wildman–Crippen LogP) is 3.53. The molecule has 0 saturated heterocycles. The molecule has 2 rings (SSSR count). The molecule has 1 aromatic carbocycles. The molecular formula is C13H18N2. The monoisotopic (exact) mass is 202 g/mol. The van der Waals surface area contributed by atoms with Gasteiger partial charge < -0.3 is 4.57 Å². The van der Waals surface area contributed by atoms with Crippen molar-refractivity contribution in [3.63, 3.8) is 0 Å². The van der Waals surface area contributed by atoms with Gasteiger partial charge in [-0.3, -0.25) is 0 Å². The standard InChI is InChI=1S/C13H18N2/c1-3-4-5-9-15-10-14-13-11(2)7-6-8-12(13)15/h6-8,10H,3-5,9H2,1-2H3.